The number of para-hydroxylation sites is 1. The van der Waals surface area contributed by atoms with E-state index in [4.69, 9.17) is 11.5 Å². The zero-order valence-corrected chi connectivity index (χ0v) is 29.7. The summed E-state index contributed by atoms with van der Waals surface area (Å²) in [4.78, 5) is 95.3. The smallest absolute Gasteiger partial charge is 0.248 e. The lowest BCUT2D eigenvalue weighted by molar-refractivity contribution is -0.143. The fraction of sp³-hybridized carbons (Fsp3) is 0.417. The number of hydrogen-bond acceptors (Lipinski definition) is 10. The average molecular weight is 750 g/mol. The summed E-state index contributed by atoms with van der Waals surface area (Å²) in [5.41, 5.74) is 12.9. The summed E-state index contributed by atoms with van der Waals surface area (Å²) in [7, 11) is 0. The molecule has 0 bridgehead atoms. The van der Waals surface area contributed by atoms with Gasteiger partial charge in [0.15, 0.2) is 0 Å². The second-order valence-electron chi connectivity index (χ2n) is 13.0. The summed E-state index contributed by atoms with van der Waals surface area (Å²) in [6, 6.07) is 8.45. The Bertz CT molecular complexity index is 1820. The van der Waals surface area contributed by atoms with Crippen LogP contribution in [0.2, 0.25) is 0 Å². The summed E-state index contributed by atoms with van der Waals surface area (Å²) in [6.07, 6.45) is 2.30. The number of benzene rings is 2. The van der Waals surface area contributed by atoms with Gasteiger partial charge in [-0.15, -0.1) is 0 Å². The number of carbonyl (C=O) groups excluding carboxylic acids is 7. The zero-order chi connectivity index (χ0) is 39.4. The first kappa shape index (κ1) is 40.9. The minimum absolute atomic E-state index is 0.0386. The van der Waals surface area contributed by atoms with Crippen LogP contribution < -0.4 is 38.1 Å². The molecule has 0 saturated carbocycles. The molecule has 1 aromatic heterocycles. The predicted octanol–water partition coefficient (Wildman–Crippen LogP) is -3.18. The third kappa shape index (κ3) is 10.8. The number of rotatable bonds is 18. The quantitative estimate of drug-likeness (QED) is 0.0622. The molecule has 2 heterocycles. The standard InChI is InChI=1S/C36H47N9O9/c1-20(37)31(49)43-27(18-46)34(52)41-25(14-21-8-3-2-4-9-21)33(51)44-28(19-47)36(54)45-13-7-12-29(45)35(53)42-26(32(50)40-17-30(38)48)15-22-16-39-24-11-6-5-10-23(22)24/h2-6,8-11,16,20,25-29,39,46-47H,7,12-15,17-19,37H2,1H3,(H2,38,48)(H,40,50)(H,41,52)(H,42,53)(H,43,49)(H,44,51)/t20-,25-,26-,27-,28-,29-/m0/s1. The number of nitrogens with two attached hydrogens (primary N) is 2. The van der Waals surface area contributed by atoms with E-state index in [0.29, 0.717) is 17.5 Å². The third-order valence-electron chi connectivity index (χ3n) is 8.95. The molecule has 6 atom stereocenters. The number of carbonyl (C=O) groups is 7. The van der Waals surface area contributed by atoms with Crippen LogP contribution in [0.5, 0.6) is 0 Å². The monoisotopic (exact) mass is 749 g/mol. The van der Waals surface area contributed by atoms with Crippen LogP contribution in [0.25, 0.3) is 10.9 Å². The van der Waals surface area contributed by atoms with E-state index in [1.165, 1.54) is 11.8 Å². The molecule has 12 N–H and O–H groups in total. The van der Waals surface area contributed by atoms with Crippen molar-refractivity contribution in [3.05, 3.63) is 71.9 Å². The van der Waals surface area contributed by atoms with Gasteiger partial charge < -0.3 is 58.1 Å². The normalized spacial score (nSPS) is 16.7. The number of nitrogens with one attached hydrogen (secondary N) is 6. The molecule has 7 amide bonds. The van der Waals surface area contributed by atoms with Crippen molar-refractivity contribution in [1.29, 1.82) is 0 Å². The van der Waals surface area contributed by atoms with Gasteiger partial charge in [-0.2, -0.15) is 0 Å². The molecule has 2 aromatic carbocycles. The maximum Gasteiger partial charge on any atom is 0.248 e. The number of amides is 7. The number of aliphatic hydroxyl groups excluding tert-OH is 2. The maximum atomic E-state index is 13.8. The summed E-state index contributed by atoms with van der Waals surface area (Å²) < 4.78 is 0. The first-order chi connectivity index (χ1) is 25.8. The van der Waals surface area contributed by atoms with Crippen LogP contribution in [0.1, 0.15) is 30.9 Å². The highest BCUT2D eigenvalue weighted by atomic mass is 16.3. The number of likely N-dealkylation sites (tertiary alicyclic amines) is 1. The number of aliphatic hydroxyl groups is 2. The Kier molecular flexibility index (Phi) is 14.6. The van der Waals surface area contributed by atoms with E-state index in [9.17, 15) is 43.8 Å². The third-order valence-corrected chi connectivity index (χ3v) is 8.95. The van der Waals surface area contributed by atoms with Crippen molar-refractivity contribution < 1.29 is 43.8 Å². The lowest BCUT2D eigenvalue weighted by Crippen LogP contribution is -2.60. The Hall–Kier alpha value is -5.85. The van der Waals surface area contributed by atoms with Crippen molar-refractivity contribution >= 4 is 52.3 Å². The molecule has 290 valence electrons. The largest absolute Gasteiger partial charge is 0.394 e. The van der Waals surface area contributed by atoms with Gasteiger partial charge >= 0.3 is 0 Å². The van der Waals surface area contributed by atoms with Crippen LogP contribution in [0.15, 0.2) is 60.8 Å². The number of primary amides is 1. The fourth-order valence-electron chi connectivity index (χ4n) is 6.08. The lowest BCUT2D eigenvalue weighted by atomic mass is 10.0. The molecule has 4 rings (SSSR count). The van der Waals surface area contributed by atoms with Crippen molar-refractivity contribution in [3.63, 3.8) is 0 Å². The molecule has 18 heteroatoms. The van der Waals surface area contributed by atoms with Crippen molar-refractivity contribution in [2.75, 3.05) is 26.3 Å². The van der Waals surface area contributed by atoms with Crippen LogP contribution in [-0.2, 0) is 46.4 Å². The van der Waals surface area contributed by atoms with Gasteiger partial charge in [0.25, 0.3) is 0 Å². The van der Waals surface area contributed by atoms with Gasteiger partial charge in [-0.25, -0.2) is 0 Å². The number of H-pyrrole nitrogens is 1. The number of fused-ring (bicyclic) bond motifs is 1. The van der Waals surface area contributed by atoms with Gasteiger partial charge in [-0.3, -0.25) is 33.6 Å². The highest BCUT2D eigenvalue weighted by molar-refractivity contribution is 5.97. The Morgan fingerprint density at radius 1 is 0.796 bits per heavy atom. The molecule has 3 aromatic rings. The number of hydrogen-bond donors (Lipinski definition) is 10. The Morgan fingerprint density at radius 3 is 2.07 bits per heavy atom. The lowest BCUT2D eigenvalue weighted by Gasteiger charge is -2.30. The molecule has 18 nitrogen and oxygen atoms in total. The molecule has 1 fully saturated rings. The van der Waals surface area contributed by atoms with Crippen LogP contribution in [0, 0.1) is 0 Å². The van der Waals surface area contributed by atoms with E-state index in [1.54, 1.807) is 36.5 Å². The Morgan fingerprint density at radius 2 is 1.41 bits per heavy atom. The van der Waals surface area contributed by atoms with E-state index in [1.807, 2.05) is 24.3 Å². The SMILES string of the molecule is C[C@H](N)C(=O)N[C@@H](CO)C(=O)N[C@@H](Cc1ccccc1)C(=O)N[C@@H](CO)C(=O)N1CCC[C@H]1C(=O)N[C@@H](Cc1c[nH]c2ccccc12)C(=O)NCC(N)=O. The van der Waals surface area contributed by atoms with Gasteiger partial charge in [0.1, 0.15) is 30.2 Å². The van der Waals surface area contributed by atoms with Crippen molar-refractivity contribution in [1.82, 2.24) is 36.5 Å². The first-order valence-corrected chi connectivity index (χ1v) is 17.5. The van der Waals surface area contributed by atoms with Crippen LogP contribution in [0.3, 0.4) is 0 Å². The number of aromatic nitrogens is 1. The second kappa shape index (κ2) is 19.3. The van der Waals surface area contributed by atoms with E-state index in [2.05, 4.69) is 31.6 Å². The predicted molar refractivity (Wildman–Crippen MR) is 195 cm³/mol. The van der Waals surface area contributed by atoms with E-state index in [0.717, 1.165) is 10.9 Å². The van der Waals surface area contributed by atoms with Crippen molar-refractivity contribution in [2.45, 2.75) is 68.9 Å². The minimum Gasteiger partial charge on any atom is -0.394 e. The van der Waals surface area contributed by atoms with E-state index < -0.39 is 97.4 Å². The van der Waals surface area contributed by atoms with Gasteiger partial charge in [-0.1, -0.05) is 48.5 Å². The summed E-state index contributed by atoms with van der Waals surface area (Å²) >= 11 is 0. The second-order valence-corrected chi connectivity index (χ2v) is 13.0. The summed E-state index contributed by atoms with van der Waals surface area (Å²) in [6.45, 7) is -0.620. The summed E-state index contributed by atoms with van der Waals surface area (Å²) in [5, 5.41) is 33.3. The van der Waals surface area contributed by atoms with Crippen molar-refractivity contribution in [2.24, 2.45) is 11.5 Å². The van der Waals surface area contributed by atoms with Gasteiger partial charge in [-0.05, 0) is 37.0 Å². The Balaban J connectivity index is 1.49. The van der Waals surface area contributed by atoms with Crippen LogP contribution in [0.4, 0.5) is 0 Å². The molecule has 0 spiro atoms. The van der Waals surface area contributed by atoms with Crippen LogP contribution >= 0.6 is 0 Å². The van der Waals surface area contributed by atoms with Crippen molar-refractivity contribution in [3.8, 4) is 0 Å². The van der Waals surface area contributed by atoms with Gasteiger partial charge in [0.2, 0.25) is 41.4 Å². The molecule has 1 aliphatic rings. The molecule has 0 radical (unpaired) electrons. The van der Waals surface area contributed by atoms with Crippen LogP contribution in [-0.4, -0.2) is 124 Å². The van der Waals surface area contributed by atoms with Gasteiger partial charge in [0.05, 0.1) is 25.8 Å². The molecule has 1 saturated heterocycles. The first-order valence-electron chi connectivity index (χ1n) is 17.5. The molecular formula is C36H47N9O9. The van der Waals surface area contributed by atoms with E-state index in [-0.39, 0.29) is 25.8 Å². The number of aromatic amines is 1. The van der Waals surface area contributed by atoms with Gasteiger partial charge in [0, 0.05) is 36.5 Å². The average Bonchev–Trinajstić information content (AvgIpc) is 3.82. The topological polar surface area (TPSA) is 291 Å². The molecule has 1 aliphatic heterocycles. The number of nitrogens with zero attached hydrogens (tertiary/aromatic N) is 1. The fourth-order valence-corrected chi connectivity index (χ4v) is 6.08. The summed E-state index contributed by atoms with van der Waals surface area (Å²) in [5.74, 6) is -5.36. The Labute approximate surface area is 310 Å². The minimum atomic E-state index is -1.53. The molecule has 54 heavy (non-hydrogen) atoms. The molecule has 0 unspecified atom stereocenters. The molecule has 0 aliphatic carbocycles. The molecular weight excluding hydrogens is 702 g/mol. The highest BCUT2D eigenvalue weighted by Crippen LogP contribution is 2.22. The zero-order valence-electron chi connectivity index (χ0n) is 29.7. The highest BCUT2D eigenvalue weighted by Gasteiger charge is 2.39. The van der Waals surface area contributed by atoms with E-state index >= 15 is 0 Å². The maximum absolute atomic E-state index is 13.8.